The largest absolute Gasteiger partial charge is 0.366 e. The van der Waals surface area contributed by atoms with Crippen LogP contribution in [0.1, 0.15) is 31.7 Å². The molecule has 2 heterocycles. The molecule has 2 aromatic heterocycles. The molecule has 4 rings (SSSR count). The molecule has 1 saturated carbocycles. The first-order valence-electron chi connectivity index (χ1n) is 8.32. The molecule has 1 aliphatic carbocycles. The Kier molecular flexibility index (Phi) is 3.94. The van der Waals surface area contributed by atoms with Gasteiger partial charge in [-0.25, -0.2) is 9.67 Å². The first-order valence-corrected chi connectivity index (χ1v) is 8.32. The van der Waals surface area contributed by atoms with Gasteiger partial charge in [0, 0.05) is 18.3 Å². The predicted molar refractivity (Wildman–Crippen MR) is 93.0 cm³/mol. The summed E-state index contributed by atoms with van der Waals surface area (Å²) in [6.45, 7) is 0. The third kappa shape index (κ3) is 2.99. The third-order valence-electron chi connectivity index (χ3n) is 4.58. The lowest BCUT2D eigenvalue weighted by Gasteiger charge is -2.29. The van der Waals surface area contributed by atoms with Crippen molar-refractivity contribution in [2.24, 2.45) is 0 Å². The van der Waals surface area contributed by atoms with Gasteiger partial charge in [-0.15, -0.1) is 0 Å². The summed E-state index contributed by atoms with van der Waals surface area (Å²) >= 11 is 0. The maximum atomic E-state index is 11.9. The molecule has 6 heteroatoms. The van der Waals surface area contributed by atoms with Crippen molar-refractivity contribution in [2.45, 2.75) is 37.8 Å². The van der Waals surface area contributed by atoms with Gasteiger partial charge in [-0.2, -0.15) is 5.10 Å². The van der Waals surface area contributed by atoms with Crippen molar-refractivity contribution < 1.29 is 0 Å². The van der Waals surface area contributed by atoms with Crippen molar-refractivity contribution in [1.82, 2.24) is 19.7 Å². The molecule has 1 fully saturated rings. The highest BCUT2D eigenvalue weighted by atomic mass is 16.1. The summed E-state index contributed by atoms with van der Waals surface area (Å²) in [7, 11) is 0. The molecule has 0 amide bonds. The van der Waals surface area contributed by atoms with E-state index in [-0.39, 0.29) is 11.6 Å². The molecule has 24 heavy (non-hydrogen) atoms. The number of para-hydroxylation sites is 2. The number of hydrogen-bond acceptors (Lipinski definition) is 5. The molecule has 1 aromatic carbocycles. The van der Waals surface area contributed by atoms with Crippen LogP contribution in [0, 0.1) is 0 Å². The van der Waals surface area contributed by atoms with Gasteiger partial charge in [0.05, 0.1) is 23.3 Å². The Labute approximate surface area is 139 Å². The fourth-order valence-corrected chi connectivity index (χ4v) is 3.34. The smallest absolute Gasteiger partial charge is 0.266 e. The highest BCUT2D eigenvalue weighted by Crippen LogP contribution is 2.28. The minimum absolute atomic E-state index is 0.0192. The summed E-state index contributed by atoms with van der Waals surface area (Å²) in [4.78, 5) is 20.9. The molecule has 0 spiro atoms. The summed E-state index contributed by atoms with van der Waals surface area (Å²) in [6.07, 6.45) is 7.32. The standard InChI is InChI=1S/C18H19N5O/c24-18-6-3-11-20-23(18)14-9-7-13(8-10-14)21-17-12-19-15-4-1-2-5-16(15)22-17/h1-6,11-14H,7-10H2,(H,21,22). The fourth-order valence-electron chi connectivity index (χ4n) is 3.34. The van der Waals surface area contributed by atoms with Gasteiger partial charge in [0.2, 0.25) is 0 Å². The Morgan fingerprint density at radius 2 is 1.79 bits per heavy atom. The lowest BCUT2D eigenvalue weighted by Crippen LogP contribution is -2.33. The highest BCUT2D eigenvalue weighted by Gasteiger charge is 2.23. The molecule has 0 unspecified atom stereocenters. The Balaban J connectivity index is 1.42. The maximum absolute atomic E-state index is 11.9. The number of nitrogens with one attached hydrogen (secondary N) is 1. The van der Waals surface area contributed by atoms with Crippen molar-refractivity contribution in [2.75, 3.05) is 5.32 Å². The number of aromatic nitrogens is 4. The van der Waals surface area contributed by atoms with Crippen LogP contribution in [0.4, 0.5) is 5.82 Å². The van der Waals surface area contributed by atoms with Crippen molar-refractivity contribution in [3.63, 3.8) is 0 Å². The molecule has 0 saturated heterocycles. The van der Waals surface area contributed by atoms with E-state index in [9.17, 15) is 4.79 Å². The van der Waals surface area contributed by atoms with Crippen LogP contribution in [0.2, 0.25) is 0 Å². The minimum atomic E-state index is -0.0192. The zero-order chi connectivity index (χ0) is 16.4. The Hall–Kier alpha value is -2.76. The van der Waals surface area contributed by atoms with Gasteiger partial charge in [0.1, 0.15) is 5.82 Å². The first kappa shape index (κ1) is 14.8. The van der Waals surface area contributed by atoms with Crippen LogP contribution >= 0.6 is 0 Å². The van der Waals surface area contributed by atoms with Gasteiger partial charge >= 0.3 is 0 Å². The minimum Gasteiger partial charge on any atom is -0.366 e. The average molecular weight is 321 g/mol. The van der Waals surface area contributed by atoms with Gasteiger partial charge in [0.25, 0.3) is 5.56 Å². The lowest BCUT2D eigenvalue weighted by molar-refractivity contribution is 0.303. The number of nitrogens with zero attached hydrogens (tertiary/aromatic N) is 4. The molecule has 1 N–H and O–H groups in total. The van der Waals surface area contributed by atoms with Crippen LogP contribution in [0.25, 0.3) is 11.0 Å². The second-order valence-corrected chi connectivity index (χ2v) is 6.20. The molecule has 6 nitrogen and oxygen atoms in total. The van der Waals surface area contributed by atoms with E-state index >= 15 is 0 Å². The zero-order valence-electron chi connectivity index (χ0n) is 13.3. The lowest BCUT2D eigenvalue weighted by atomic mass is 9.91. The summed E-state index contributed by atoms with van der Waals surface area (Å²) in [5.74, 6) is 0.812. The van der Waals surface area contributed by atoms with Crippen LogP contribution in [0.3, 0.4) is 0 Å². The summed E-state index contributed by atoms with van der Waals surface area (Å²) in [5.41, 5.74) is 1.78. The van der Waals surface area contributed by atoms with Gasteiger partial charge in [0.15, 0.2) is 0 Å². The molecule has 122 valence electrons. The second kappa shape index (κ2) is 6.39. The van der Waals surface area contributed by atoms with Gasteiger partial charge in [-0.3, -0.25) is 9.78 Å². The molecular formula is C18H19N5O. The highest BCUT2D eigenvalue weighted by molar-refractivity contribution is 5.75. The molecule has 3 aromatic rings. The van der Waals surface area contributed by atoms with Crippen LogP contribution in [-0.4, -0.2) is 25.8 Å². The van der Waals surface area contributed by atoms with Crippen LogP contribution in [0.15, 0.2) is 53.6 Å². The topological polar surface area (TPSA) is 72.7 Å². The van der Waals surface area contributed by atoms with E-state index in [1.807, 2.05) is 24.3 Å². The van der Waals surface area contributed by atoms with Crippen LogP contribution in [0.5, 0.6) is 0 Å². The van der Waals surface area contributed by atoms with E-state index in [2.05, 4.69) is 20.4 Å². The van der Waals surface area contributed by atoms with Crippen molar-refractivity contribution in [1.29, 1.82) is 0 Å². The van der Waals surface area contributed by atoms with E-state index in [1.54, 1.807) is 29.2 Å². The van der Waals surface area contributed by atoms with Crippen molar-refractivity contribution >= 4 is 16.9 Å². The SMILES string of the molecule is O=c1cccnn1C1CCC(Nc2cnc3ccccc3n2)CC1. The van der Waals surface area contributed by atoms with E-state index in [4.69, 9.17) is 0 Å². The van der Waals surface area contributed by atoms with E-state index < -0.39 is 0 Å². The van der Waals surface area contributed by atoms with E-state index in [0.29, 0.717) is 6.04 Å². The fraction of sp³-hybridized carbons (Fsp3) is 0.333. The monoisotopic (exact) mass is 321 g/mol. The predicted octanol–water partition coefficient (Wildman–Crippen LogP) is 2.78. The van der Waals surface area contributed by atoms with E-state index in [0.717, 1.165) is 42.5 Å². The van der Waals surface area contributed by atoms with Crippen LogP contribution < -0.4 is 10.9 Å². The van der Waals surface area contributed by atoms with Gasteiger partial charge in [-0.1, -0.05) is 12.1 Å². The van der Waals surface area contributed by atoms with Gasteiger partial charge in [-0.05, 0) is 43.9 Å². The number of rotatable bonds is 3. The summed E-state index contributed by atoms with van der Waals surface area (Å²) in [6, 6.07) is 11.7. The molecule has 0 atom stereocenters. The Morgan fingerprint density at radius 1 is 1.00 bits per heavy atom. The second-order valence-electron chi connectivity index (χ2n) is 6.20. The Bertz CT molecular complexity index is 899. The normalized spacial score (nSPS) is 20.8. The van der Waals surface area contributed by atoms with Crippen LogP contribution in [-0.2, 0) is 0 Å². The van der Waals surface area contributed by atoms with Crippen molar-refractivity contribution in [3.05, 3.63) is 59.1 Å². The maximum Gasteiger partial charge on any atom is 0.266 e. The first-order chi connectivity index (χ1) is 11.8. The molecular weight excluding hydrogens is 302 g/mol. The molecule has 1 aliphatic rings. The molecule has 0 bridgehead atoms. The van der Waals surface area contributed by atoms with Gasteiger partial charge < -0.3 is 5.32 Å². The average Bonchev–Trinajstić information content (AvgIpc) is 2.63. The summed E-state index contributed by atoms with van der Waals surface area (Å²) in [5, 5.41) is 7.68. The van der Waals surface area contributed by atoms with Crippen molar-refractivity contribution in [3.8, 4) is 0 Å². The quantitative estimate of drug-likeness (QED) is 0.803. The number of anilines is 1. The number of hydrogen-bond donors (Lipinski definition) is 1. The van der Waals surface area contributed by atoms with E-state index in [1.165, 1.54) is 0 Å². The number of benzene rings is 1. The molecule has 0 radical (unpaired) electrons. The summed E-state index contributed by atoms with van der Waals surface area (Å²) < 4.78 is 1.62. The zero-order valence-corrected chi connectivity index (χ0v) is 13.3. The third-order valence-corrected chi connectivity index (χ3v) is 4.58. The number of fused-ring (bicyclic) bond motifs is 1. The Morgan fingerprint density at radius 3 is 2.58 bits per heavy atom. The molecule has 0 aliphatic heterocycles.